The van der Waals surface area contributed by atoms with E-state index >= 15 is 0 Å². The standard InChI is InChI=1S/C35H42N4O4/c1-22(2)38(34(41)36-35-18-23-14-24(19-35)16-25(15-23)20-35)21-32(40)39-29-9-6-5-8-28(29)37-13-7-10-30(37)33(39)27-17-26(42-3)11-12-31(27)43-4/h5-13,17,22-25,33H,14-16,18-21H2,1-4H3,(H,36,41). The van der Waals surface area contributed by atoms with Gasteiger partial charge in [-0.15, -0.1) is 0 Å². The molecule has 2 heterocycles. The number of amides is 3. The van der Waals surface area contributed by atoms with E-state index in [0.717, 1.165) is 59.6 Å². The van der Waals surface area contributed by atoms with Crippen LogP contribution in [0.2, 0.25) is 0 Å². The van der Waals surface area contributed by atoms with Gasteiger partial charge in [-0.05, 0) is 113 Å². The number of aromatic nitrogens is 1. The third-order valence-corrected chi connectivity index (χ3v) is 10.3. The largest absolute Gasteiger partial charge is 0.497 e. The molecule has 2 aromatic carbocycles. The van der Waals surface area contributed by atoms with Gasteiger partial charge in [-0.3, -0.25) is 9.69 Å². The van der Waals surface area contributed by atoms with Crippen LogP contribution in [0.1, 0.15) is 69.7 Å². The number of methoxy groups -OCH3 is 2. The molecule has 4 saturated carbocycles. The van der Waals surface area contributed by atoms with Crippen LogP contribution in [0, 0.1) is 17.8 Å². The highest BCUT2D eigenvalue weighted by atomic mass is 16.5. The third kappa shape index (κ3) is 4.75. The van der Waals surface area contributed by atoms with Crippen LogP contribution in [0.15, 0.2) is 60.8 Å². The summed E-state index contributed by atoms with van der Waals surface area (Å²) < 4.78 is 13.5. The van der Waals surface area contributed by atoms with E-state index in [1.165, 1.54) is 19.3 Å². The summed E-state index contributed by atoms with van der Waals surface area (Å²) >= 11 is 0. The van der Waals surface area contributed by atoms with Crippen molar-refractivity contribution in [3.63, 3.8) is 0 Å². The average molecular weight is 583 g/mol. The lowest BCUT2D eigenvalue weighted by Gasteiger charge is -2.57. The van der Waals surface area contributed by atoms with Crippen molar-refractivity contribution < 1.29 is 19.1 Å². The number of para-hydroxylation sites is 2. The van der Waals surface area contributed by atoms with Crippen molar-refractivity contribution in [1.29, 1.82) is 0 Å². The van der Waals surface area contributed by atoms with E-state index in [9.17, 15) is 9.59 Å². The fourth-order valence-electron chi connectivity index (χ4n) is 8.88. The number of ether oxygens (including phenoxy) is 2. The predicted molar refractivity (Wildman–Crippen MR) is 166 cm³/mol. The summed E-state index contributed by atoms with van der Waals surface area (Å²) in [4.78, 5) is 32.2. The lowest BCUT2D eigenvalue weighted by Crippen LogP contribution is -2.63. The molecule has 8 nitrogen and oxygen atoms in total. The Morgan fingerprint density at radius 1 is 0.930 bits per heavy atom. The maximum atomic E-state index is 14.6. The van der Waals surface area contributed by atoms with Gasteiger partial charge in [0.2, 0.25) is 5.91 Å². The minimum Gasteiger partial charge on any atom is -0.497 e. The molecule has 1 unspecified atom stereocenters. The quantitative estimate of drug-likeness (QED) is 0.354. The van der Waals surface area contributed by atoms with Crippen LogP contribution in [-0.4, -0.2) is 53.8 Å². The highest BCUT2D eigenvalue weighted by molar-refractivity contribution is 6.00. The molecule has 5 aliphatic rings. The summed E-state index contributed by atoms with van der Waals surface area (Å²) in [6.07, 6.45) is 9.16. The summed E-state index contributed by atoms with van der Waals surface area (Å²) in [5.74, 6) is 3.36. The highest BCUT2D eigenvalue weighted by Crippen LogP contribution is 2.55. The molecule has 0 spiro atoms. The number of carbonyl (C=O) groups is 2. The smallest absolute Gasteiger partial charge is 0.318 e. The summed E-state index contributed by atoms with van der Waals surface area (Å²) in [7, 11) is 3.28. The van der Waals surface area contributed by atoms with E-state index in [1.807, 2.05) is 79.5 Å². The van der Waals surface area contributed by atoms with Gasteiger partial charge in [-0.25, -0.2) is 4.79 Å². The van der Waals surface area contributed by atoms with E-state index in [4.69, 9.17) is 9.47 Å². The van der Waals surface area contributed by atoms with Crippen molar-refractivity contribution in [3.05, 3.63) is 72.1 Å². The molecule has 8 heteroatoms. The molecule has 43 heavy (non-hydrogen) atoms. The zero-order chi connectivity index (χ0) is 29.9. The van der Waals surface area contributed by atoms with Crippen LogP contribution in [0.4, 0.5) is 10.5 Å². The summed E-state index contributed by atoms with van der Waals surface area (Å²) in [6, 6.07) is 16.9. The molecule has 0 radical (unpaired) electrons. The second-order valence-electron chi connectivity index (χ2n) is 13.4. The van der Waals surface area contributed by atoms with E-state index in [-0.39, 0.29) is 30.1 Å². The summed E-state index contributed by atoms with van der Waals surface area (Å²) in [5, 5.41) is 3.50. The molecule has 3 aromatic rings. The van der Waals surface area contributed by atoms with Gasteiger partial charge in [-0.1, -0.05) is 12.1 Å². The molecular weight excluding hydrogens is 540 g/mol. The molecule has 4 aliphatic carbocycles. The Balaban J connectivity index is 1.24. The molecule has 1 N–H and O–H groups in total. The average Bonchev–Trinajstić information content (AvgIpc) is 3.47. The van der Waals surface area contributed by atoms with Gasteiger partial charge in [0.05, 0.1) is 31.3 Å². The van der Waals surface area contributed by atoms with Crippen LogP contribution in [0.25, 0.3) is 5.69 Å². The molecule has 4 fully saturated rings. The van der Waals surface area contributed by atoms with Crippen LogP contribution in [0.3, 0.4) is 0 Å². The zero-order valence-corrected chi connectivity index (χ0v) is 25.6. The maximum absolute atomic E-state index is 14.6. The van der Waals surface area contributed by atoms with Gasteiger partial charge in [-0.2, -0.15) is 0 Å². The first-order valence-corrected chi connectivity index (χ1v) is 15.7. The number of rotatable bonds is 7. The molecule has 226 valence electrons. The first-order chi connectivity index (χ1) is 20.8. The third-order valence-electron chi connectivity index (χ3n) is 10.3. The number of fused-ring (bicyclic) bond motifs is 3. The van der Waals surface area contributed by atoms with Crippen LogP contribution >= 0.6 is 0 Å². The van der Waals surface area contributed by atoms with E-state index in [2.05, 4.69) is 9.88 Å². The molecule has 4 bridgehead atoms. The van der Waals surface area contributed by atoms with E-state index < -0.39 is 6.04 Å². The Hall–Kier alpha value is -3.94. The van der Waals surface area contributed by atoms with Gasteiger partial charge in [0.25, 0.3) is 0 Å². The number of nitrogens with zero attached hydrogens (tertiary/aromatic N) is 3. The normalized spacial score (nSPS) is 26.6. The molecule has 3 amide bonds. The van der Waals surface area contributed by atoms with E-state index in [0.29, 0.717) is 11.5 Å². The molecule has 1 atom stereocenters. The van der Waals surface area contributed by atoms with Crippen molar-refractivity contribution in [2.45, 2.75) is 70.0 Å². The molecule has 1 aromatic heterocycles. The monoisotopic (exact) mass is 582 g/mol. The zero-order valence-electron chi connectivity index (χ0n) is 25.6. The Bertz CT molecular complexity index is 1510. The molecular formula is C35H42N4O4. The van der Waals surface area contributed by atoms with Gasteiger partial charge < -0.3 is 24.3 Å². The second kappa shape index (κ2) is 10.6. The van der Waals surface area contributed by atoms with Crippen LogP contribution < -0.4 is 19.7 Å². The van der Waals surface area contributed by atoms with Crippen LogP contribution in [0.5, 0.6) is 11.5 Å². The SMILES string of the molecule is COc1ccc(OC)c(C2c3cccn3-c3ccccc3N2C(=O)CN(C(=O)NC23CC4CC(CC(C4)C2)C3)C(C)C)c1. The first-order valence-electron chi connectivity index (χ1n) is 15.7. The topological polar surface area (TPSA) is 76.0 Å². The van der Waals surface area contributed by atoms with Gasteiger partial charge in [0.15, 0.2) is 0 Å². The highest BCUT2D eigenvalue weighted by Gasteiger charge is 2.52. The van der Waals surface area contributed by atoms with Crippen molar-refractivity contribution in [2.24, 2.45) is 17.8 Å². The fourth-order valence-corrected chi connectivity index (χ4v) is 8.88. The van der Waals surface area contributed by atoms with Gasteiger partial charge in [0.1, 0.15) is 24.1 Å². The number of benzene rings is 2. The molecule has 0 saturated heterocycles. The van der Waals surface area contributed by atoms with Gasteiger partial charge in [0, 0.05) is 23.3 Å². The summed E-state index contributed by atoms with van der Waals surface area (Å²) in [5.41, 5.74) is 3.34. The number of nitrogens with one attached hydrogen (secondary N) is 1. The van der Waals surface area contributed by atoms with Crippen molar-refractivity contribution in [3.8, 4) is 17.2 Å². The van der Waals surface area contributed by atoms with Crippen molar-refractivity contribution >= 4 is 17.6 Å². The second-order valence-corrected chi connectivity index (χ2v) is 13.4. The Morgan fingerprint density at radius 3 is 2.23 bits per heavy atom. The number of hydrogen-bond acceptors (Lipinski definition) is 4. The Kier molecular flexibility index (Phi) is 6.90. The molecule has 1 aliphatic heterocycles. The van der Waals surface area contributed by atoms with Gasteiger partial charge >= 0.3 is 6.03 Å². The minimum absolute atomic E-state index is 0.0340. The Morgan fingerprint density at radius 2 is 1.60 bits per heavy atom. The fraction of sp³-hybridized carbons (Fsp3) is 0.486. The first kappa shape index (κ1) is 27.9. The maximum Gasteiger partial charge on any atom is 0.318 e. The lowest BCUT2D eigenvalue weighted by atomic mass is 9.53. The van der Waals surface area contributed by atoms with Crippen molar-refractivity contribution in [1.82, 2.24) is 14.8 Å². The Labute approximate surface area is 253 Å². The molecule has 8 rings (SSSR count). The lowest BCUT2D eigenvalue weighted by molar-refractivity contribution is -0.120. The minimum atomic E-state index is -0.484. The number of urea groups is 1. The number of anilines is 1. The van der Waals surface area contributed by atoms with Crippen LogP contribution in [-0.2, 0) is 4.79 Å². The van der Waals surface area contributed by atoms with Crippen molar-refractivity contribution in [2.75, 3.05) is 25.7 Å². The number of carbonyl (C=O) groups excluding carboxylic acids is 2. The van der Waals surface area contributed by atoms with E-state index in [1.54, 1.807) is 19.1 Å². The predicted octanol–water partition coefficient (Wildman–Crippen LogP) is 6.32. The number of hydrogen-bond donors (Lipinski definition) is 1. The summed E-state index contributed by atoms with van der Waals surface area (Å²) in [6.45, 7) is 3.95.